The molecule has 27 heteroatoms. The first-order valence-electron chi connectivity index (χ1n) is 30.9. The Kier molecular flexibility index (Phi) is 20.3. The van der Waals surface area contributed by atoms with Crippen LogP contribution in [0.3, 0.4) is 0 Å². The smallest absolute Gasteiger partial charge is 0.189 e. The first-order chi connectivity index (χ1) is 40.1. The van der Waals surface area contributed by atoms with Gasteiger partial charge in [0.1, 0.15) is 104 Å². The van der Waals surface area contributed by atoms with Gasteiger partial charge in [-0.05, 0) is 110 Å². The average Bonchev–Trinajstić information content (AvgIpc) is 1.65. The van der Waals surface area contributed by atoms with Crippen molar-refractivity contribution in [3.05, 3.63) is 0 Å². The van der Waals surface area contributed by atoms with Crippen LogP contribution >= 0.6 is 0 Å². The van der Waals surface area contributed by atoms with E-state index in [4.69, 9.17) is 56.8 Å². The van der Waals surface area contributed by atoms with E-state index in [2.05, 4.69) is 41.5 Å². The van der Waals surface area contributed by atoms with Gasteiger partial charge >= 0.3 is 0 Å². The Bertz CT molecular complexity index is 2200. The second-order valence-corrected chi connectivity index (χ2v) is 27.7. The van der Waals surface area contributed by atoms with Gasteiger partial charge in [0, 0.05) is 19.4 Å². The van der Waals surface area contributed by atoms with Gasteiger partial charge in [0.05, 0.1) is 32.0 Å². The van der Waals surface area contributed by atoms with Crippen molar-refractivity contribution >= 4 is 0 Å². The minimum absolute atomic E-state index is 0.267. The van der Waals surface area contributed by atoms with E-state index in [1.165, 1.54) is 71.8 Å². The number of rotatable bonds is 11. The molecule has 492 valence electrons. The molecule has 0 aromatic carbocycles. The monoisotopic (exact) mass is 1230 g/mol. The zero-order valence-corrected chi connectivity index (χ0v) is 49.9. The van der Waals surface area contributed by atoms with Gasteiger partial charge in [-0.25, -0.2) is 0 Å². The third kappa shape index (κ3) is 11.9. The molecule has 0 radical (unpaired) electrons. The molecule has 0 bridgehead atoms. The highest BCUT2D eigenvalue weighted by atomic mass is 16.8. The van der Waals surface area contributed by atoms with Crippen LogP contribution in [0.25, 0.3) is 0 Å². The Balaban J connectivity index is 0.000000217. The molecule has 85 heavy (non-hydrogen) atoms. The molecule has 37 unspecified atom stereocenters. The number of aliphatic hydroxyl groups excluding tert-OH is 15. The van der Waals surface area contributed by atoms with Crippen molar-refractivity contribution in [2.75, 3.05) is 26.9 Å². The van der Waals surface area contributed by atoms with Gasteiger partial charge in [-0.1, -0.05) is 48.0 Å². The zero-order valence-electron chi connectivity index (χ0n) is 49.9. The molecule has 11 rings (SSSR count). The van der Waals surface area contributed by atoms with E-state index in [9.17, 15) is 76.6 Å². The van der Waals surface area contributed by atoms with Gasteiger partial charge in [-0.15, -0.1) is 0 Å². The Hall–Kier alpha value is -1.08. The number of aliphatic hydroxyl groups is 15. The number of ether oxygens (including phenoxy) is 12. The van der Waals surface area contributed by atoms with Crippen LogP contribution in [0.2, 0.25) is 0 Å². The molecule has 37 atom stereocenters. The molecule has 4 aliphatic carbocycles. The summed E-state index contributed by atoms with van der Waals surface area (Å²) in [7, 11) is 1.23. The summed E-state index contributed by atoms with van der Waals surface area (Å²) in [4.78, 5) is 0. The van der Waals surface area contributed by atoms with Crippen LogP contribution in [0.15, 0.2) is 0 Å². The molecule has 4 saturated carbocycles. The van der Waals surface area contributed by atoms with Crippen LogP contribution in [0.5, 0.6) is 0 Å². The van der Waals surface area contributed by atoms with Crippen LogP contribution in [-0.2, 0) is 56.8 Å². The van der Waals surface area contributed by atoms with Crippen molar-refractivity contribution in [2.45, 2.75) is 278 Å². The van der Waals surface area contributed by atoms with Crippen molar-refractivity contribution in [3.8, 4) is 0 Å². The molecule has 11 aliphatic rings. The van der Waals surface area contributed by atoms with E-state index in [-0.39, 0.29) is 5.79 Å². The van der Waals surface area contributed by atoms with Gasteiger partial charge in [0.25, 0.3) is 0 Å². The minimum atomic E-state index is -2.20. The number of hydrogen-bond donors (Lipinski definition) is 15. The van der Waals surface area contributed by atoms with Crippen molar-refractivity contribution in [1.29, 1.82) is 0 Å². The highest BCUT2D eigenvalue weighted by molar-refractivity contribution is 5.19. The first-order valence-corrected chi connectivity index (χ1v) is 30.9. The molecule has 11 fully saturated rings. The molecular weight excluding hydrogens is 1130 g/mol. The summed E-state index contributed by atoms with van der Waals surface area (Å²) in [6, 6.07) is 0. The summed E-state index contributed by atoms with van der Waals surface area (Å²) >= 11 is 0. The fourth-order valence-electron chi connectivity index (χ4n) is 17.9. The third-order valence-corrected chi connectivity index (χ3v) is 22.7. The highest BCUT2D eigenvalue weighted by Crippen LogP contribution is 2.75. The van der Waals surface area contributed by atoms with Crippen molar-refractivity contribution < 1.29 is 133 Å². The fourth-order valence-corrected chi connectivity index (χ4v) is 17.9. The maximum absolute atomic E-state index is 11.1. The Labute approximate surface area is 495 Å². The molecule has 0 aromatic rings. The maximum atomic E-state index is 11.1. The van der Waals surface area contributed by atoms with E-state index in [0.717, 1.165) is 36.7 Å². The lowest BCUT2D eigenvalue weighted by Crippen LogP contribution is -2.67. The topological polar surface area (TPSA) is 414 Å². The number of hydrogen-bond acceptors (Lipinski definition) is 27. The highest BCUT2D eigenvalue weighted by Gasteiger charge is 2.72. The van der Waals surface area contributed by atoms with Crippen molar-refractivity contribution in [3.63, 3.8) is 0 Å². The summed E-state index contributed by atoms with van der Waals surface area (Å²) in [5, 5.41) is 156. The van der Waals surface area contributed by atoms with Crippen LogP contribution in [-0.4, -0.2) is 269 Å². The predicted octanol–water partition coefficient (Wildman–Crippen LogP) is -2.87. The molecule has 0 aromatic heterocycles. The minimum Gasteiger partial charge on any atom is -0.394 e. The Morgan fingerprint density at radius 3 is 1.51 bits per heavy atom. The van der Waals surface area contributed by atoms with E-state index < -0.39 is 167 Å². The van der Waals surface area contributed by atoms with Crippen LogP contribution in [0.4, 0.5) is 0 Å². The molecule has 15 N–H and O–H groups in total. The standard InChI is InChI=1S/C29H50O25.C29H48O2/c1-5-19(9(33)14(38)25(45-2)46-5)49-26-15(39)10(34)21(7(4-31)47-26)51-29-18(42)22(17(41)24(44)54-29)52-27-16(40)11(35)20(6(3-30)48-27)50-28-13(37)8(32)12(36)23(43)53-28;1-18-7-11-26(4)21(15-18)9-12-27(5)23(26)10-13-28(6)24(27)16-22-25(28)20(3)29(31-22)14-8-19(2)17-30-29/h5-44H,3-4H2,1-2H3;18-25H,7-17H2,1-6H3. The fraction of sp³-hybridized carbons (Fsp3) is 1.00. The lowest BCUT2D eigenvalue weighted by atomic mass is 9.39. The molecule has 7 saturated heterocycles. The Morgan fingerprint density at radius 1 is 0.435 bits per heavy atom. The molecule has 7 aliphatic heterocycles. The normalized spacial score (nSPS) is 57.8. The average molecular weight is 1230 g/mol. The molecule has 7 heterocycles. The summed E-state index contributed by atoms with van der Waals surface area (Å²) in [5.41, 5.74) is 1.55. The largest absolute Gasteiger partial charge is 0.394 e. The van der Waals surface area contributed by atoms with Gasteiger partial charge < -0.3 is 133 Å². The van der Waals surface area contributed by atoms with Crippen molar-refractivity contribution in [2.24, 2.45) is 57.7 Å². The molecule has 1 spiro atoms. The van der Waals surface area contributed by atoms with Crippen molar-refractivity contribution in [1.82, 2.24) is 0 Å². The van der Waals surface area contributed by atoms with Crippen LogP contribution in [0, 0.1) is 57.7 Å². The predicted molar refractivity (Wildman–Crippen MR) is 286 cm³/mol. The van der Waals surface area contributed by atoms with Crippen LogP contribution in [0.1, 0.15) is 113 Å². The lowest BCUT2D eigenvalue weighted by Gasteiger charge is -2.66. The lowest BCUT2D eigenvalue weighted by molar-refractivity contribution is -0.408. The molecular formula is C58H98O27. The number of methoxy groups -OCH3 is 1. The molecule has 0 amide bonds. The van der Waals surface area contributed by atoms with E-state index in [0.29, 0.717) is 40.1 Å². The molecule has 27 nitrogen and oxygen atoms in total. The van der Waals surface area contributed by atoms with E-state index in [1.54, 1.807) is 0 Å². The summed E-state index contributed by atoms with van der Waals surface area (Å²) < 4.78 is 67.2. The quantitative estimate of drug-likeness (QED) is 0.0989. The van der Waals surface area contributed by atoms with Crippen LogP contribution < -0.4 is 0 Å². The summed E-state index contributed by atoms with van der Waals surface area (Å²) in [5.74, 6) is 5.36. The summed E-state index contributed by atoms with van der Waals surface area (Å²) in [6.07, 6.45) is -31.2. The van der Waals surface area contributed by atoms with Gasteiger partial charge in [0.15, 0.2) is 49.8 Å². The summed E-state index contributed by atoms with van der Waals surface area (Å²) in [6.45, 7) is 15.9. The maximum Gasteiger partial charge on any atom is 0.189 e. The first kappa shape index (κ1) is 66.8. The second kappa shape index (κ2) is 25.8. The van der Waals surface area contributed by atoms with Gasteiger partial charge in [0.2, 0.25) is 0 Å². The van der Waals surface area contributed by atoms with Gasteiger partial charge in [-0.2, -0.15) is 0 Å². The second-order valence-electron chi connectivity index (χ2n) is 27.7. The van der Waals surface area contributed by atoms with E-state index in [1.807, 2.05) is 0 Å². The van der Waals surface area contributed by atoms with Gasteiger partial charge in [-0.3, -0.25) is 0 Å². The van der Waals surface area contributed by atoms with E-state index >= 15 is 0 Å². The Morgan fingerprint density at radius 2 is 0.929 bits per heavy atom. The zero-order chi connectivity index (χ0) is 61.7. The third-order valence-electron chi connectivity index (χ3n) is 22.7. The number of fused-ring (bicyclic) bond motifs is 7. The SMILES string of the molecule is CC1CCC2(OC1)OC1CC3C(C)(CCC4C5(C)CCC(C)CC5CCC43C)C1C2C.COC1OC(C)C(OC2OC(CO)C(OC3OC(O)C(O)C(OC4OC(CO)C(OC5OC(O)C(O)C(O)C5O)C(O)C4O)C3O)C(O)C2O)C(O)C1O.